The third kappa shape index (κ3) is 2.74. The second-order valence-corrected chi connectivity index (χ2v) is 6.14. The Kier molecular flexibility index (Phi) is 3.61. The smallest absolute Gasteiger partial charge is 0.241 e. The molecule has 2 heterocycles. The lowest BCUT2D eigenvalue weighted by Gasteiger charge is -2.33. The van der Waals surface area contributed by atoms with Crippen LogP contribution in [0.15, 0.2) is 34.7 Å². The van der Waals surface area contributed by atoms with Crippen molar-refractivity contribution in [2.75, 3.05) is 19.8 Å². The molecule has 2 fully saturated rings. The quantitative estimate of drug-likeness (QED) is 0.868. The van der Waals surface area contributed by atoms with Crippen LogP contribution < -0.4 is 0 Å². The molecule has 0 unspecified atom stereocenters. The minimum absolute atomic E-state index is 0.0574. The summed E-state index contributed by atoms with van der Waals surface area (Å²) in [4.78, 5) is 14.8. The van der Waals surface area contributed by atoms with Gasteiger partial charge in [-0.1, -0.05) is 30.3 Å². The van der Waals surface area contributed by atoms with Crippen molar-refractivity contribution in [3.05, 3.63) is 47.7 Å². The maximum Gasteiger partial charge on any atom is 0.241 e. The van der Waals surface area contributed by atoms with Crippen molar-refractivity contribution in [1.29, 1.82) is 0 Å². The van der Waals surface area contributed by atoms with Gasteiger partial charge in [0.2, 0.25) is 17.7 Å². The van der Waals surface area contributed by atoms with Gasteiger partial charge in [0.1, 0.15) is 6.04 Å². The van der Waals surface area contributed by atoms with E-state index in [9.17, 15) is 4.79 Å². The minimum Gasteiger partial charge on any atom is -0.423 e. The molecule has 120 valence electrons. The Hall–Kier alpha value is -2.21. The molecule has 1 saturated heterocycles. The fraction of sp³-hybridized carbons (Fsp3) is 0.471. The van der Waals surface area contributed by atoms with Crippen LogP contribution >= 0.6 is 0 Å². The van der Waals surface area contributed by atoms with Gasteiger partial charge in [0.05, 0.1) is 13.2 Å². The van der Waals surface area contributed by atoms with E-state index < -0.39 is 0 Å². The molecule has 0 bridgehead atoms. The van der Waals surface area contributed by atoms with Gasteiger partial charge in [-0.05, 0) is 17.9 Å². The van der Waals surface area contributed by atoms with Crippen molar-refractivity contribution in [2.45, 2.75) is 25.3 Å². The highest BCUT2D eigenvalue weighted by atomic mass is 16.5. The normalized spacial score (nSPS) is 27.0. The topological polar surface area (TPSA) is 68.5 Å². The number of rotatable bonds is 3. The average molecular weight is 313 g/mol. The Bertz CT molecular complexity index is 700. The lowest BCUT2D eigenvalue weighted by atomic mass is 10.1. The first-order valence-corrected chi connectivity index (χ1v) is 7.97. The molecular weight excluding hydrogens is 294 g/mol. The van der Waals surface area contributed by atoms with Gasteiger partial charge in [-0.2, -0.15) is 0 Å². The van der Waals surface area contributed by atoms with Crippen molar-refractivity contribution in [2.24, 2.45) is 5.92 Å². The molecule has 1 saturated carbocycles. The van der Waals surface area contributed by atoms with Crippen LogP contribution in [0.5, 0.6) is 0 Å². The van der Waals surface area contributed by atoms with E-state index in [1.165, 1.54) is 5.56 Å². The van der Waals surface area contributed by atoms with Crippen LogP contribution in [0.4, 0.5) is 0 Å². The van der Waals surface area contributed by atoms with E-state index in [4.69, 9.17) is 9.15 Å². The van der Waals surface area contributed by atoms with E-state index in [1.807, 2.05) is 23.1 Å². The maximum atomic E-state index is 12.9. The number of nitrogens with zero attached hydrogens (tertiary/aromatic N) is 3. The summed E-state index contributed by atoms with van der Waals surface area (Å²) < 4.78 is 11.0. The fourth-order valence-corrected chi connectivity index (χ4v) is 3.27. The van der Waals surface area contributed by atoms with Gasteiger partial charge in [-0.25, -0.2) is 0 Å². The summed E-state index contributed by atoms with van der Waals surface area (Å²) in [5.41, 5.74) is 1.24. The van der Waals surface area contributed by atoms with Crippen LogP contribution in [0.25, 0.3) is 0 Å². The summed E-state index contributed by atoms with van der Waals surface area (Å²) in [6.45, 7) is 3.29. The highest BCUT2D eigenvalue weighted by Gasteiger charge is 2.48. The van der Waals surface area contributed by atoms with Crippen molar-refractivity contribution in [1.82, 2.24) is 15.1 Å². The van der Waals surface area contributed by atoms with E-state index in [2.05, 4.69) is 22.3 Å². The number of amides is 1. The predicted molar refractivity (Wildman–Crippen MR) is 81.6 cm³/mol. The molecule has 3 atom stereocenters. The van der Waals surface area contributed by atoms with E-state index in [0.717, 1.165) is 6.42 Å². The first-order chi connectivity index (χ1) is 11.2. The average Bonchev–Trinajstić information content (AvgIpc) is 3.29. The molecule has 6 nitrogen and oxygen atoms in total. The molecule has 0 spiro atoms. The lowest BCUT2D eigenvalue weighted by molar-refractivity contribution is -0.142. The molecular formula is C17H19N3O3. The highest BCUT2D eigenvalue weighted by Crippen LogP contribution is 2.49. The summed E-state index contributed by atoms with van der Waals surface area (Å²) >= 11 is 0. The summed E-state index contributed by atoms with van der Waals surface area (Å²) in [7, 11) is 0. The lowest BCUT2D eigenvalue weighted by Crippen LogP contribution is -2.44. The number of hydrogen-bond donors (Lipinski definition) is 0. The van der Waals surface area contributed by atoms with E-state index in [-0.39, 0.29) is 17.9 Å². The molecule has 4 rings (SSSR count). The third-order valence-electron chi connectivity index (χ3n) is 4.57. The Morgan fingerprint density at radius 2 is 2.09 bits per heavy atom. The first kappa shape index (κ1) is 14.4. The first-order valence-electron chi connectivity index (χ1n) is 7.97. The van der Waals surface area contributed by atoms with E-state index in [0.29, 0.717) is 37.5 Å². The largest absolute Gasteiger partial charge is 0.423 e. The van der Waals surface area contributed by atoms with Crippen LogP contribution in [0.2, 0.25) is 0 Å². The minimum atomic E-state index is -0.269. The SMILES string of the molecule is Cc1nnc([C@@H]2COCCN2C(=O)[C@@H]2C[C@@H]2c2ccccc2)o1. The number of carbonyl (C=O) groups excluding carboxylic acids is 1. The fourth-order valence-electron chi connectivity index (χ4n) is 3.27. The van der Waals surface area contributed by atoms with Crippen LogP contribution in [0.3, 0.4) is 0 Å². The van der Waals surface area contributed by atoms with Gasteiger partial charge in [0, 0.05) is 19.4 Å². The molecule has 1 aliphatic carbocycles. The molecule has 1 aromatic carbocycles. The zero-order valence-corrected chi connectivity index (χ0v) is 13.0. The van der Waals surface area contributed by atoms with Gasteiger partial charge < -0.3 is 14.1 Å². The highest BCUT2D eigenvalue weighted by molar-refractivity contribution is 5.83. The molecule has 2 aliphatic rings. The Balaban J connectivity index is 1.51. The number of morpholine rings is 1. The molecule has 23 heavy (non-hydrogen) atoms. The molecule has 2 aromatic rings. The molecule has 1 amide bonds. The zero-order valence-electron chi connectivity index (χ0n) is 13.0. The van der Waals surface area contributed by atoms with Gasteiger partial charge in [0.25, 0.3) is 0 Å². The zero-order chi connectivity index (χ0) is 15.8. The van der Waals surface area contributed by atoms with Crippen LogP contribution in [0, 0.1) is 12.8 Å². The standard InChI is InChI=1S/C17H19N3O3/c1-11-18-19-16(23-11)15-10-22-8-7-20(15)17(21)14-9-13(14)12-5-3-2-4-6-12/h2-6,13-15H,7-10H2,1H3/t13-,14-,15+/m1/s1. The monoisotopic (exact) mass is 313 g/mol. The van der Waals surface area contributed by atoms with Gasteiger partial charge in [-0.3, -0.25) is 4.79 Å². The van der Waals surface area contributed by atoms with E-state index in [1.54, 1.807) is 6.92 Å². The second-order valence-electron chi connectivity index (χ2n) is 6.14. The number of aryl methyl sites for hydroxylation is 1. The van der Waals surface area contributed by atoms with Crippen LogP contribution in [-0.2, 0) is 9.53 Å². The third-order valence-corrected chi connectivity index (χ3v) is 4.57. The van der Waals surface area contributed by atoms with Crippen molar-refractivity contribution < 1.29 is 13.9 Å². The Labute approximate surface area is 134 Å². The number of hydrogen-bond acceptors (Lipinski definition) is 5. The number of ether oxygens (including phenoxy) is 1. The molecule has 1 aliphatic heterocycles. The second kappa shape index (κ2) is 5.77. The number of aromatic nitrogens is 2. The van der Waals surface area contributed by atoms with Crippen LogP contribution in [-0.4, -0.2) is 40.8 Å². The Morgan fingerprint density at radius 1 is 1.26 bits per heavy atom. The van der Waals surface area contributed by atoms with Gasteiger partial charge in [0.15, 0.2) is 0 Å². The maximum absolute atomic E-state index is 12.9. The molecule has 0 radical (unpaired) electrons. The summed E-state index contributed by atoms with van der Waals surface area (Å²) in [6, 6.07) is 9.96. The number of benzene rings is 1. The summed E-state index contributed by atoms with van der Waals surface area (Å²) in [5, 5.41) is 7.94. The van der Waals surface area contributed by atoms with Crippen LogP contribution in [0.1, 0.15) is 35.7 Å². The predicted octanol–water partition coefficient (Wildman–Crippen LogP) is 2.08. The molecule has 6 heteroatoms. The van der Waals surface area contributed by atoms with E-state index >= 15 is 0 Å². The van der Waals surface area contributed by atoms with Gasteiger partial charge >= 0.3 is 0 Å². The van der Waals surface area contributed by atoms with Gasteiger partial charge in [-0.15, -0.1) is 10.2 Å². The Morgan fingerprint density at radius 3 is 2.83 bits per heavy atom. The number of carbonyl (C=O) groups is 1. The molecule has 0 N–H and O–H groups in total. The summed E-state index contributed by atoms with van der Waals surface area (Å²) in [5.74, 6) is 1.53. The van der Waals surface area contributed by atoms with Crippen molar-refractivity contribution in [3.63, 3.8) is 0 Å². The molecule has 1 aromatic heterocycles. The summed E-state index contributed by atoms with van der Waals surface area (Å²) in [6.07, 6.45) is 0.912. The van der Waals surface area contributed by atoms with Crippen molar-refractivity contribution in [3.8, 4) is 0 Å². The van der Waals surface area contributed by atoms with Crippen molar-refractivity contribution >= 4 is 5.91 Å².